The van der Waals surface area contributed by atoms with Crippen molar-refractivity contribution in [2.24, 2.45) is 0 Å². The van der Waals surface area contributed by atoms with E-state index in [2.05, 4.69) is 30.3 Å². The van der Waals surface area contributed by atoms with E-state index in [4.69, 9.17) is 14.2 Å². The van der Waals surface area contributed by atoms with Crippen molar-refractivity contribution in [2.45, 2.75) is 31.5 Å². The first kappa shape index (κ1) is 26.1. The van der Waals surface area contributed by atoms with E-state index in [0.29, 0.717) is 48.0 Å². The van der Waals surface area contributed by atoms with Crippen molar-refractivity contribution in [1.29, 1.82) is 0 Å². The summed E-state index contributed by atoms with van der Waals surface area (Å²) < 4.78 is 18.6. The number of piperazine rings is 1. The summed E-state index contributed by atoms with van der Waals surface area (Å²) in [4.78, 5) is 21.2. The number of hydrogen-bond donors (Lipinski definition) is 2. The van der Waals surface area contributed by atoms with Crippen LogP contribution in [0.2, 0.25) is 0 Å². The third kappa shape index (κ3) is 5.07. The van der Waals surface area contributed by atoms with Gasteiger partial charge in [-0.3, -0.25) is 9.69 Å². The van der Waals surface area contributed by atoms with E-state index in [1.54, 1.807) is 37.1 Å². The van der Waals surface area contributed by atoms with Crippen LogP contribution in [0.1, 0.15) is 30.3 Å². The number of rotatable bonds is 8. The molecule has 0 aliphatic carbocycles. The molecule has 0 amide bonds. The number of aromatic amines is 1. The number of phenols is 1. The van der Waals surface area contributed by atoms with E-state index in [0.717, 1.165) is 43.6 Å². The standard InChI is InChI=1S/C28H33N7O5/c1-38-24-15-18-14-22(28(37)29-23(18)16-25(24)39-2)26(27-30-31-32-35(27)17-21-4-3-13-40-21)34-11-9-33(10-12-34)19-5-7-20(36)8-6-19/h5-8,14-16,21,26,36H,3-4,9-13,17H2,1-2H3,(H,29,37). The van der Waals surface area contributed by atoms with Crippen molar-refractivity contribution in [3.05, 3.63) is 64.2 Å². The molecule has 210 valence electrons. The molecule has 2 N–H and O–H groups in total. The summed E-state index contributed by atoms with van der Waals surface area (Å²) in [6.45, 7) is 4.11. The Labute approximate surface area is 231 Å². The molecule has 12 heteroatoms. The zero-order valence-electron chi connectivity index (χ0n) is 22.6. The average molecular weight is 548 g/mol. The molecule has 0 saturated carbocycles. The lowest BCUT2D eigenvalue weighted by Crippen LogP contribution is -2.49. The number of aromatic nitrogens is 5. The number of benzene rings is 2. The molecule has 0 spiro atoms. The van der Waals surface area contributed by atoms with E-state index in [1.165, 1.54) is 0 Å². The molecule has 2 fully saturated rings. The molecule has 2 aromatic carbocycles. The van der Waals surface area contributed by atoms with Crippen LogP contribution in [0, 0.1) is 0 Å². The minimum atomic E-state index is -0.473. The predicted molar refractivity (Wildman–Crippen MR) is 148 cm³/mol. The van der Waals surface area contributed by atoms with E-state index >= 15 is 0 Å². The van der Waals surface area contributed by atoms with Crippen LogP contribution in [0.3, 0.4) is 0 Å². The van der Waals surface area contributed by atoms with Crippen LogP contribution in [0.4, 0.5) is 5.69 Å². The second-order valence-electron chi connectivity index (χ2n) is 10.1. The fraction of sp³-hybridized carbons (Fsp3) is 0.429. The normalized spacial score (nSPS) is 18.8. The highest BCUT2D eigenvalue weighted by Crippen LogP contribution is 2.34. The summed E-state index contributed by atoms with van der Waals surface area (Å²) >= 11 is 0. The van der Waals surface area contributed by atoms with E-state index in [9.17, 15) is 9.90 Å². The van der Waals surface area contributed by atoms with Gasteiger partial charge < -0.3 is 29.2 Å². The lowest BCUT2D eigenvalue weighted by atomic mass is 10.0. The van der Waals surface area contributed by atoms with Gasteiger partial charge in [-0.05, 0) is 59.7 Å². The summed E-state index contributed by atoms with van der Waals surface area (Å²) in [5.41, 5.74) is 2.04. The second-order valence-corrected chi connectivity index (χ2v) is 10.1. The predicted octanol–water partition coefficient (Wildman–Crippen LogP) is 2.33. The first-order valence-corrected chi connectivity index (χ1v) is 13.5. The second kappa shape index (κ2) is 11.1. The van der Waals surface area contributed by atoms with Crippen LogP contribution in [0.15, 0.2) is 47.3 Å². The Morgan fingerprint density at radius 1 is 1.07 bits per heavy atom. The van der Waals surface area contributed by atoms with Crippen molar-refractivity contribution >= 4 is 16.6 Å². The van der Waals surface area contributed by atoms with Crippen LogP contribution in [0.25, 0.3) is 10.9 Å². The van der Waals surface area contributed by atoms with E-state index < -0.39 is 6.04 Å². The van der Waals surface area contributed by atoms with Crippen molar-refractivity contribution in [3.63, 3.8) is 0 Å². The minimum absolute atomic E-state index is 0.0425. The van der Waals surface area contributed by atoms with Crippen molar-refractivity contribution in [2.75, 3.05) is 51.9 Å². The number of fused-ring (bicyclic) bond motifs is 1. The summed E-state index contributed by atoms with van der Waals surface area (Å²) in [7, 11) is 3.16. The van der Waals surface area contributed by atoms with Gasteiger partial charge in [0, 0.05) is 55.5 Å². The summed E-state index contributed by atoms with van der Waals surface area (Å²) in [5, 5.41) is 23.3. The molecule has 2 aliphatic heterocycles. The third-order valence-electron chi connectivity index (χ3n) is 7.77. The maximum Gasteiger partial charge on any atom is 0.253 e. The maximum absolute atomic E-state index is 13.6. The quantitative estimate of drug-likeness (QED) is 0.339. The third-order valence-corrected chi connectivity index (χ3v) is 7.77. The molecule has 0 radical (unpaired) electrons. The Kier molecular flexibility index (Phi) is 7.27. The molecule has 2 aromatic heterocycles. The zero-order valence-corrected chi connectivity index (χ0v) is 22.6. The van der Waals surface area contributed by atoms with Crippen molar-refractivity contribution in [3.8, 4) is 17.2 Å². The molecule has 40 heavy (non-hydrogen) atoms. The smallest absolute Gasteiger partial charge is 0.253 e. The lowest BCUT2D eigenvalue weighted by molar-refractivity contribution is 0.0906. The Balaban J connectivity index is 1.38. The van der Waals surface area contributed by atoms with Gasteiger partial charge in [-0.25, -0.2) is 4.68 Å². The highest BCUT2D eigenvalue weighted by atomic mass is 16.5. The fourth-order valence-corrected chi connectivity index (χ4v) is 5.67. The summed E-state index contributed by atoms with van der Waals surface area (Å²) in [6, 6.07) is 12.3. The molecular weight excluding hydrogens is 514 g/mol. The molecule has 2 saturated heterocycles. The topological polar surface area (TPSA) is 131 Å². The van der Waals surface area contributed by atoms with Gasteiger partial charge in [0.25, 0.3) is 5.56 Å². The van der Waals surface area contributed by atoms with Crippen LogP contribution in [-0.2, 0) is 11.3 Å². The Hall–Kier alpha value is -4.16. The first-order valence-electron chi connectivity index (χ1n) is 13.5. The number of tetrazole rings is 1. The summed E-state index contributed by atoms with van der Waals surface area (Å²) in [5.74, 6) is 1.97. The lowest BCUT2D eigenvalue weighted by Gasteiger charge is -2.39. The minimum Gasteiger partial charge on any atom is -0.508 e. The van der Waals surface area contributed by atoms with Crippen LogP contribution < -0.4 is 19.9 Å². The van der Waals surface area contributed by atoms with Gasteiger partial charge in [-0.2, -0.15) is 0 Å². The van der Waals surface area contributed by atoms with E-state index in [-0.39, 0.29) is 17.4 Å². The number of phenolic OH excluding ortho intramolecular Hbond substituents is 1. The Bertz CT molecular complexity index is 1520. The number of hydrogen-bond acceptors (Lipinski definition) is 10. The Morgan fingerprint density at radius 3 is 2.52 bits per heavy atom. The zero-order chi connectivity index (χ0) is 27.6. The molecule has 4 heterocycles. The number of nitrogens with zero attached hydrogens (tertiary/aromatic N) is 6. The van der Waals surface area contributed by atoms with E-state index in [1.807, 2.05) is 24.3 Å². The molecule has 0 bridgehead atoms. The highest BCUT2D eigenvalue weighted by molar-refractivity contribution is 5.83. The van der Waals surface area contributed by atoms with Crippen LogP contribution >= 0.6 is 0 Å². The number of pyridine rings is 1. The van der Waals surface area contributed by atoms with Gasteiger partial charge in [0.15, 0.2) is 17.3 Å². The SMILES string of the molecule is COc1cc2cc(C(c3nnnn3CC3CCCO3)N3CCN(c4ccc(O)cc4)CC3)c(=O)[nH]c2cc1OC. The monoisotopic (exact) mass is 547 g/mol. The number of anilines is 1. The molecule has 6 rings (SSSR count). The van der Waals surface area contributed by atoms with Crippen LogP contribution in [0.5, 0.6) is 17.2 Å². The fourth-order valence-electron chi connectivity index (χ4n) is 5.67. The largest absolute Gasteiger partial charge is 0.508 e. The molecule has 12 nitrogen and oxygen atoms in total. The molecular formula is C28H33N7O5. The molecule has 2 atom stereocenters. The van der Waals surface area contributed by atoms with Gasteiger partial charge in [0.1, 0.15) is 11.8 Å². The van der Waals surface area contributed by atoms with Gasteiger partial charge >= 0.3 is 0 Å². The van der Waals surface area contributed by atoms with Gasteiger partial charge in [0.2, 0.25) is 0 Å². The van der Waals surface area contributed by atoms with Gasteiger partial charge in [-0.15, -0.1) is 5.10 Å². The van der Waals surface area contributed by atoms with Gasteiger partial charge in [-0.1, -0.05) is 0 Å². The van der Waals surface area contributed by atoms with Crippen molar-refractivity contribution in [1.82, 2.24) is 30.1 Å². The number of aromatic hydroxyl groups is 1. The molecule has 2 aliphatic rings. The summed E-state index contributed by atoms with van der Waals surface area (Å²) in [6.07, 6.45) is 2.01. The molecule has 2 unspecified atom stereocenters. The van der Waals surface area contributed by atoms with Gasteiger partial charge in [0.05, 0.1) is 32.4 Å². The van der Waals surface area contributed by atoms with Crippen molar-refractivity contribution < 1.29 is 19.3 Å². The average Bonchev–Trinajstić information content (AvgIpc) is 3.66. The highest BCUT2D eigenvalue weighted by Gasteiger charge is 2.33. The maximum atomic E-state index is 13.6. The number of nitrogens with one attached hydrogen (secondary N) is 1. The number of H-pyrrole nitrogens is 1. The molecule has 4 aromatic rings. The first-order chi connectivity index (χ1) is 19.5. The Morgan fingerprint density at radius 2 is 1.82 bits per heavy atom. The number of methoxy groups -OCH3 is 2. The van der Waals surface area contributed by atoms with Crippen LogP contribution in [-0.4, -0.2) is 88.3 Å². The number of ether oxygens (including phenoxy) is 3.